The van der Waals surface area contributed by atoms with Crippen LogP contribution in [0, 0.1) is 0 Å². The summed E-state index contributed by atoms with van der Waals surface area (Å²) in [6.45, 7) is 0. The van der Waals surface area contributed by atoms with E-state index in [4.69, 9.17) is 4.84 Å². The lowest BCUT2D eigenvalue weighted by Crippen LogP contribution is -2.34. The average Bonchev–Trinajstić information content (AvgIpc) is 2.67. The van der Waals surface area contributed by atoms with Crippen molar-refractivity contribution >= 4 is 17.7 Å². The third-order valence-corrected chi connectivity index (χ3v) is 3.25. The van der Waals surface area contributed by atoms with Crippen molar-refractivity contribution in [1.29, 1.82) is 0 Å². The number of amides is 1. The van der Waals surface area contributed by atoms with Crippen molar-refractivity contribution in [2.24, 2.45) is 0 Å². The molecule has 0 N–H and O–H groups in total. The fraction of sp³-hybridized carbons (Fsp3) is 0. The molecule has 5 nitrogen and oxygen atoms in total. The van der Waals surface area contributed by atoms with Gasteiger partial charge in [0.05, 0.1) is 5.56 Å². The lowest BCUT2D eigenvalue weighted by atomic mass is 10.2. The van der Waals surface area contributed by atoms with Crippen LogP contribution in [-0.4, -0.2) is 16.9 Å². The first-order chi connectivity index (χ1) is 11.8. The largest absolute Gasteiger partial charge is 0.363 e. The highest BCUT2D eigenvalue weighted by Gasteiger charge is 2.24. The van der Waals surface area contributed by atoms with Gasteiger partial charge in [-0.05, 0) is 36.4 Å². The Hall–Kier alpha value is -3.47. The molecule has 3 aromatic rings. The predicted octanol–water partition coefficient (Wildman–Crippen LogP) is 3.50. The van der Waals surface area contributed by atoms with Gasteiger partial charge in [0.15, 0.2) is 5.82 Å². The maximum absolute atomic E-state index is 12.7. The second-order valence-electron chi connectivity index (χ2n) is 4.90. The number of hydrogen-bond acceptors (Lipinski definition) is 4. The van der Waals surface area contributed by atoms with Gasteiger partial charge in [0.2, 0.25) is 0 Å². The molecule has 0 spiro atoms. The van der Waals surface area contributed by atoms with Crippen LogP contribution in [0.15, 0.2) is 85.1 Å². The second kappa shape index (κ2) is 7.19. The number of nitrogens with zero attached hydrogens (tertiary/aromatic N) is 2. The maximum atomic E-state index is 12.7. The monoisotopic (exact) mass is 318 g/mol. The van der Waals surface area contributed by atoms with Crippen LogP contribution in [0.1, 0.15) is 20.7 Å². The molecule has 0 fully saturated rings. The summed E-state index contributed by atoms with van der Waals surface area (Å²) in [6.07, 6.45) is 1.52. The molecule has 0 aliphatic heterocycles. The summed E-state index contributed by atoms with van der Waals surface area (Å²) in [5.74, 6) is -0.875. The minimum atomic E-state index is -0.634. The topological polar surface area (TPSA) is 59.5 Å². The lowest BCUT2D eigenvalue weighted by Gasteiger charge is -2.20. The number of benzene rings is 2. The Morgan fingerprint density at radius 1 is 0.750 bits per heavy atom. The Kier molecular flexibility index (Phi) is 4.62. The zero-order valence-corrected chi connectivity index (χ0v) is 12.7. The number of anilines is 1. The predicted molar refractivity (Wildman–Crippen MR) is 89.3 cm³/mol. The molecule has 0 aliphatic rings. The lowest BCUT2D eigenvalue weighted by molar-refractivity contribution is 0.0405. The van der Waals surface area contributed by atoms with E-state index in [1.165, 1.54) is 6.20 Å². The third kappa shape index (κ3) is 3.47. The van der Waals surface area contributed by atoms with Crippen LogP contribution in [0.3, 0.4) is 0 Å². The molecule has 0 aliphatic carbocycles. The Balaban J connectivity index is 1.91. The number of pyridine rings is 1. The molecular weight excluding hydrogens is 304 g/mol. The SMILES string of the molecule is O=C(ON(C(=O)c1ccccc1)c1ccccn1)c1ccccc1. The van der Waals surface area contributed by atoms with Gasteiger partial charge >= 0.3 is 5.97 Å². The average molecular weight is 318 g/mol. The van der Waals surface area contributed by atoms with Crippen LogP contribution in [0.25, 0.3) is 0 Å². The summed E-state index contributed by atoms with van der Waals surface area (Å²) < 4.78 is 0. The van der Waals surface area contributed by atoms with Gasteiger partial charge in [-0.15, -0.1) is 5.06 Å². The number of hydroxylamine groups is 1. The van der Waals surface area contributed by atoms with Crippen LogP contribution in [0.2, 0.25) is 0 Å². The van der Waals surface area contributed by atoms with Gasteiger partial charge in [0.25, 0.3) is 5.91 Å². The molecule has 118 valence electrons. The molecule has 3 rings (SSSR count). The summed E-state index contributed by atoms with van der Waals surface area (Å²) in [5, 5.41) is 0.907. The number of aromatic nitrogens is 1. The number of carbonyl (C=O) groups is 2. The minimum absolute atomic E-state index is 0.232. The van der Waals surface area contributed by atoms with Crippen molar-refractivity contribution in [1.82, 2.24) is 4.98 Å². The molecule has 0 saturated carbocycles. The van der Waals surface area contributed by atoms with Crippen LogP contribution in [-0.2, 0) is 4.84 Å². The highest BCUT2D eigenvalue weighted by atomic mass is 16.7. The summed E-state index contributed by atoms with van der Waals surface area (Å²) in [4.78, 5) is 34.5. The van der Waals surface area contributed by atoms with E-state index in [0.29, 0.717) is 11.1 Å². The van der Waals surface area contributed by atoms with E-state index in [1.54, 1.807) is 78.9 Å². The summed E-state index contributed by atoms with van der Waals surface area (Å²) in [7, 11) is 0. The molecule has 1 heterocycles. The summed E-state index contributed by atoms with van der Waals surface area (Å²) in [5.41, 5.74) is 0.739. The van der Waals surface area contributed by atoms with Gasteiger partial charge in [-0.1, -0.05) is 42.5 Å². The van der Waals surface area contributed by atoms with Crippen LogP contribution in [0.4, 0.5) is 5.82 Å². The molecule has 24 heavy (non-hydrogen) atoms. The van der Waals surface area contributed by atoms with Gasteiger partial charge in [-0.25, -0.2) is 9.78 Å². The number of carbonyl (C=O) groups excluding carboxylic acids is 2. The van der Waals surface area contributed by atoms with Crippen molar-refractivity contribution in [3.8, 4) is 0 Å². The molecular formula is C19H14N2O3. The van der Waals surface area contributed by atoms with Crippen LogP contribution in [0.5, 0.6) is 0 Å². The van der Waals surface area contributed by atoms with Gasteiger partial charge < -0.3 is 4.84 Å². The Labute approximate surface area is 139 Å². The van der Waals surface area contributed by atoms with Crippen LogP contribution >= 0.6 is 0 Å². The van der Waals surface area contributed by atoms with Gasteiger partial charge in [0, 0.05) is 11.8 Å². The maximum Gasteiger partial charge on any atom is 0.363 e. The van der Waals surface area contributed by atoms with Crippen molar-refractivity contribution in [3.05, 3.63) is 96.2 Å². The van der Waals surface area contributed by atoms with Gasteiger partial charge in [-0.3, -0.25) is 4.79 Å². The molecule has 0 unspecified atom stereocenters. The quantitative estimate of drug-likeness (QED) is 0.694. The molecule has 2 aromatic carbocycles. The van der Waals surface area contributed by atoms with Gasteiger partial charge in [-0.2, -0.15) is 0 Å². The smallest absolute Gasteiger partial charge is 0.326 e. The number of hydrogen-bond donors (Lipinski definition) is 0. The fourth-order valence-corrected chi connectivity index (χ4v) is 2.07. The van der Waals surface area contributed by atoms with E-state index in [0.717, 1.165) is 5.06 Å². The third-order valence-electron chi connectivity index (χ3n) is 3.25. The minimum Gasteiger partial charge on any atom is -0.326 e. The normalized spacial score (nSPS) is 10.0. The molecule has 5 heteroatoms. The molecule has 0 saturated heterocycles. The Morgan fingerprint density at radius 3 is 1.92 bits per heavy atom. The Morgan fingerprint density at radius 2 is 1.33 bits per heavy atom. The van der Waals surface area contributed by atoms with Crippen molar-refractivity contribution in [2.45, 2.75) is 0 Å². The summed E-state index contributed by atoms with van der Waals surface area (Å²) >= 11 is 0. The van der Waals surface area contributed by atoms with E-state index < -0.39 is 11.9 Å². The Bertz CT molecular complexity index is 821. The van der Waals surface area contributed by atoms with Crippen molar-refractivity contribution < 1.29 is 14.4 Å². The zero-order valence-electron chi connectivity index (χ0n) is 12.7. The van der Waals surface area contributed by atoms with E-state index in [2.05, 4.69) is 4.98 Å². The van der Waals surface area contributed by atoms with Crippen LogP contribution < -0.4 is 5.06 Å². The van der Waals surface area contributed by atoms with Gasteiger partial charge in [0.1, 0.15) is 0 Å². The fourth-order valence-electron chi connectivity index (χ4n) is 2.07. The van der Waals surface area contributed by atoms with Crippen molar-refractivity contribution in [3.63, 3.8) is 0 Å². The summed E-state index contributed by atoms with van der Waals surface area (Å²) in [6, 6.07) is 22.1. The van der Waals surface area contributed by atoms with E-state index in [-0.39, 0.29) is 5.82 Å². The van der Waals surface area contributed by atoms with E-state index in [9.17, 15) is 9.59 Å². The molecule has 0 atom stereocenters. The highest BCUT2D eigenvalue weighted by Crippen LogP contribution is 2.16. The molecule has 0 radical (unpaired) electrons. The first-order valence-corrected chi connectivity index (χ1v) is 7.33. The second-order valence-corrected chi connectivity index (χ2v) is 4.90. The van der Waals surface area contributed by atoms with E-state index in [1.807, 2.05) is 0 Å². The zero-order chi connectivity index (χ0) is 16.8. The molecule has 0 bridgehead atoms. The number of rotatable bonds is 3. The first kappa shape index (κ1) is 15.4. The highest BCUT2D eigenvalue weighted by molar-refractivity contribution is 6.06. The standard InChI is InChI=1S/C19H14N2O3/c22-18(15-9-3-1-4-10-15)21(17-13-7-8-14-20-17)24-19(23)16-11-5-2-6-12-16/h1-14H. The van der Waals surface area contributed by atoms with E-state index >= 15 is 0 Å². The van der Waals surface area contributed by atoms with Crippen molar-refractivity contribution in [2.75, 3.05) is 5.06 Å². The molecule has 1 amide bonds. The molecule has 1 aromatic heterocycles. The first-order valence-electron chi connectivity index (χ1n) is 7.33.